The van der Waals surface area contributed by atoms with Crippen molar-refractivity contribution in [3.63, 3.8) is 0 Å². The lowest BCUT2D eigenvalue weighted by molar-refractivity contribution is -0.132. The first-order valence-electron chi connectivity index (χ1n) is 7.63. The number of carbonyl (C=O) groups excluding carboxylic acids is 2. The second-order valence-corrected chi connectivity index (χ2v) is 5.65. The van der Waals surface area contributed by atoms with Crippen LogP contribution in [-0.2, 0) is 11.3 Å². The molecule has 1 aromatic heterocycles. The molecular formula is C17H20N2O3. The Bertz CT molecular complexity index is 699. The van der Waals surface area contributed by atoms with Crippen molar-refractivity contribution < 1.29 is 14.3 Å². The van der Waals surface area contributed by atoms with Crippen LogP contribution in [0.5, 0.6) is 5.75 Å². The minimum Gasteiger partial charge on any atom is -0.497 e. The lowest BCUT2D eigenvalue weighted by atomic mass is 10.1. The quantitative estimate of drug-likeness (QED) is 0.815. The fraction of sp³-hybridized carbons (Fsp3) is 0.412. The molecule has 22 heavy (non-hydrogen) atoms. The normalized spacial score (nSPS) is 15.0. The van der Waals surface area contributed by atoms with E-state index in [1.807, 2.05) is 27.7 Å². The number of piperidine rings is 1. The van der Waals surface area contributed by atoms with Gasteiger partial charge >= 0.3 is 0 Å². The summed E-state index contributed by atoms with van der Waals surface area (Å²) in [7, 11) is 1.60. The fourth-order valence-electron chi connectivity index (χ4n) is 3.04. The topological polar surface area (TPSA) is 51.5 Å². The van der Waals surface area contributed by atoms with E-state index in [1.54, 1.807) is 13.3 Å². The lowest BCUT2D eigenvalue weighted by Crippen LogP contribution is -2.37. The van der Waals surface area contributed by atoms with Crippen molar-refractivity contribution in [1.29, 1.82) is 0 Å². The summed E-state index contributed by atoms with van der Waals surface area (Å²) in [6.45, 7) is 1.95. The molecule has 1 amide bonds. The number of amides is 1. The molecule has 0 unspecified atom stereocenters. The molecule has 2 aromatic rings. The number of nitrogens with zero attached hydrogens (tertiary/aromatic N) is 2. The van der Waals surface area contributed by atoms with Gasteiger partial charge in [-0.05, 0) is 37.5 Å². The molecule has 0 atom stereocenters. The van der Waals surface area contributed by atoms with Crippen molar-refractivity contribution in [3.05, 3.63) is 30.0 Å². The zero-order valence-electron chi connectivity index (χ0n) is 12.7. The van der Waals surface area contributed by atoms with Crippen molar-refractivity contribution in [2.24, 2.45) is 0 Å². The Kier molecular flexibility index (Phi) is 4.13. The largest absolute Gasteiger partial charge is 0.497 e. The standard InChI is InChI=1S/C17H20N2O3/c1-22-14-5-6-16-15(9-14)13(12-20)10-19(16)11-17(21)18-7-3-2-4-8-18/h5-6,9-10,12H,2-4,7-8,11H2,1H3. The summed E-state index contributed by atoms with van der Waals surface area (Å²) in [6.07, 6.45) is 5.93. The van der Waals surface area contributed by atoms with Gasteiger partial charge in [-0.25, -0.2) is 0 Å². The first-order chi connectivity index (χ1) is 10.7. The average Bonchev–Trinajstić information content (AvgIpc) is 2.92. The van der Waals surface area contributed by atoms with Crippen molar-refractivity contribution in [2.45, 2.75) is 25.8 Å². The van der Waals surface area contributed by atoms with Crippen LogP contribution in [0.2, 0.25) is 0 Å². The first kappa shape index (κ1) is 14.6. The van der Waals surface area contributed by atoms with E-state index in [9.17, 15) is 9.59 Å². The van der Waals surface area contributed by atoms with Gasteiger partial charge in [0.2, 0.25) is 5.91 Å². The SMILES string of the molecule is COc1ccc2c(c1)c(C=O)cn2CC(=O)N1CCCCC1. The summed E-state index contributed by atoms with van der Waals surface area (Å²) < 4.78 is 7.06. The van der Waals surface area contributed by atoms with Crippen molar-refractivity contribution in [1.82, 2.24) is 9.47 Å². The summed E-state index contributed by atoms with van der Waals surface area (Å²) >= 11 is 0. The second kappa shape index (κ2) is 6.22. The van der Waals surface area contributed by atoms with E-state index in [2.05, 4.69) is 0 Å². The Morgan fingerprint density at radius 3 is 2.73 bits per heavy atom. The van der Waals surface area contributed by atoms with Crippen LogP contribution < -0.4 is 4.74 Å². The van der Waals surface area contributed by atoms with Crippen LogP contribution in [0.3, 0.4) is 0 Å². The maximum absolute atomic E-state index is 12.4. The maximum atomic E-state index is 12.4. The highest BCUT2D eigenvalue weighted by Crippen LogP contribution is 2.25. The van der Waals surface area contributed by atoms with Gasteiger partial charge in [-0.15, -0.1) is 0 Å². The van der Waals surface area contributed by atoms with E-state index in [0.717, 1.165) is 43.1 Å². The minimum atomic E-state index is 0.116. The third kappa shape index (κ3) is 2.71. The van der Waals surface area contributed by atoms with E-state index in [-0.39, 0.29) is 12.5 Å². The van der Waals surface area contributed by atoms with E-state index in [1.165, 1.54) is 6.42 Å². The van der Waals surface area contributed by atoms with Crippen molar-refractivity contribution in [3.8, 4) is 5.75 Å². The van der Waals surface area contributed by atoms with Gasteiger partial charge in [0.05, 0.1) is 7.11 Å². The highest BCUT2D eigenvalue weighted by molar-refractivity contribution is 5.98. The molecule has 1 aliphatic heterocycles. The van der Waals surface area contributed by atoms with E-state index < -0.39 is 0 Å². The van der Waals surface area contributed by atoms with E-state index in [4.69, 9.17) is 4.74 Å². The van der Waals surface area contributed by atoms with Gasteiger partial charge in [0.1, 0.15) is 12.3 Å². The number of aldehydes is 1. The second-order valence-electron chi connectivity index (χ2n) is 5.65. The molecule has 3 rings (SSSR count). The average molecular weight is 300 g/mol. The monoisotopic (exact) mass is 300 g/mol. The molecule has 5 nitrogen and oxygen atoms in total. The molecule has 1 fully saturated rings. The molecular weight excluding hydrogens is 280 g/mol. The van der Waals surface area contributed by atoms with Crippen LogP contribution in [0.1, 0.15) is 29.6 Å². The summed E-state index contributed by atoms with van der Waals surface area (Å²) in [5.74, 6) is 0.820. The number of benzene rings is 1. The van der Waals surface area contributed by atoms with Crippen LogP contribution >= 0.6 is 0 Å². The molecule has 116 valence electrons. The number of aromatic nitrogens is 1. The number of rotatable bonds is 4. The predicted molar refractivity (Wildman–Crippen MR) is 84.3 cm³/mol. The molecule has 2 heterocycles. The van der Waals surface area contributed by atoms with E-state index in [0.29, 0.717) is 11.3 Å². The summed E-state index contributed by atoms with van der Waals surface area (Å²) in [5.41, 5.74) is 1.47. The van der Waals surface area contributed by atoms with Crippen molar-refractivity contribution in [2.75, 3.05) is 20.2 Å². The Labute approximate surface area is 129 Å². The zero-order valence-corrected chi connectivity index (χ0v) is 12.7. The van der Waals surface area contributed by atoms with Crippen LogP contribution in [0.4, 0.5) is 0 Å². The third-order valence-electron chi connectivity index (χ3n) is 4.26. The lowest BCUT2D eigenvalue weighted by Gasteiger charge is -2.27. The molecule has 0 saturated carbocycles. The highest BCUT2D eigenvalue weighted by Gasteiger charge is 2.18. The zero-order chi connectivity index (χ0) is 15.5. The molecule has 1 saturated heterocycles. The van der Waals surface area contributed by atoms with Gasteiger partial charge in [-0.2, -0.15) is 0 Å². The number of likely N-dealkylation sites (tertiary alicyclic amines) is 1. The molecule has 0 spiro atoms. The molecule has 5 heteroatoms. The van der Waals surface area contributed by atoms with E-state index >= 15 is 0 Å². The van der Waals surface area contributed by atoms with Crippen LogP contribution in [0.15, 0.2) is 24.4 Å². The number of hydrogen-bond acceptors (Lipinski definition) is 3. The highest BCUT2D eigenvalue weighted by atomic mass is 16.5. The Hall–Kier alpha value is -2.30. The third-order valence-corrected chi connectivity index (χ3v) is 4.26. The molecule has 0 N–H and O–H groups in total. The van der Waals surface area contributed by atoms with Gasteiger partial charge in [-0.1, -0.05) is 0 Å². The Morgan fingerprint density at radius 1 is 1.27 bits per heavy atom. The molecule has 0 aliphatic carbocycles. The van der Waals surface area contributed by atoms with Gasteiger partial charge in [-0.3, -0.25) is 9.59 Å². The predicted octanol–water partition coefficient (Wildman–Crippen LogP) is 2.47. The van der Waals surface area contributed by atoms with Gasteiger partial charge in [0.25, 0.3) is 0 Å². The van der Waals surface area contributed by atoms with Crippen molar-refractivity contribution >= 4 is 23.1 Å². The minimum absolute atomic E-state index is 0.116. The fourth-order valence-corrected chi connectivity index (χ4v) is 3.04. The van der Waals surface area contributed by atoms with Crippen LogP contribution in [0, 0.1) is 0 Å². The van der Waals surface area contributed by atoms with Crippen LogP contribution in [0.25, 0.3) is 10.9 Å². The summed E-state index contributed by atoms with van der Waals surface area (Å²) in [6, 6.07) is 5.57. The first-order valence-corrected chi connectivity index (χ1v) is 7.63. The molecule has 0 bridgehead atoms. The van der Waals surface area contributed by atoms with Gasteiger partial charge < -0.3 is 14.2 Å². The Balaban J connectivity index is 1.90. The van der Waals surface area contributed by atoms with Crippen LogP contribution in [-0.4, -0.2) is 41.9 Å². The Morgan fingerprint density at radius 2 is 2.05 bits per heavy atom. The summed E-state index contributed by atoms with van der Waals surface area (Å²) in [5, 5.41) is 0.820. The van der Waals surface area contributed by atoms with Gasteiger partial charge in [0, 0.05) is 35.8 Å². The maximum Gasteiger partial charge on any atom is 0.242 e. The number of ether oxygens (including phenoxy) is 1. The van der Waals surface area contributed by atoms with Gasteiger partial charge in [0.15, 0.2) is 6.29 Å². The number of fused-ring (bicyclic) bond motifs is 1. The smallest absolute Gasteiger partial charge is 0.242 e. The number of methoxy groups -OCH3 is 1. The molecule has 1 aromatic carbocycles. The molecule has 0 radical (unpaired) electrons. The molecule has 1 aliphatic rings. The summed E-state index contributed by atoms with van der Waals surface area (Å²) in [4.78, 5) is 25.6. The number of hydrogen-bond donors (Lipinski definition) is 0. The number of carbonyl (C=O) groups is 2.